The van der Waals surface area contributed by atoms with Crippen molar-refractivity contribution in [3.8, 4) is 0 Å². The minimum atomic E-state index is -3.68. The molecule has 0 saturated carbocycles. The summed E-state index contributed by atoms with van der Waals surface area (Å²) < 4.78 is 26.6. The van der Waals surface area contributed by atoms with Gasteiger partial charge in [-0.1, -0.05) is 27.2 Å². The molecule has 7 heteroatoms. The molecule has 18 heavy (non-hydrogen) atoms. The van der Waals surface area contributed by atoms with Crippen LogP contribution in [0.25, 0.3) is 0 Å². The zero-order valence-corrected chi connectivity index (χ0v) is 12.4. The standard InChI is InChI=1S/C11H24N2O4S/c1-5-6-7-12(4)18(16,17)13(8-10(2)3)9-11(14)15/h10H,5-9H2,1-4H3,(H,14,15). The third-order valence-electron chi connectivity index (χ3n) is 2.43. The van der Waals surface area contributed by atoms with E-state index in [-0.39, 0.29) is 12.5 Å². The van der Waals surface area contributed by atoms with Gasteiger partial charge in [-0.05, 0) is 12.3 Å². The van der Waals surface area contributed by atoms with E-state index < -0.39 is 22.7 Å². The summed E-state index contributed by atoms with van der Waals surface area (Å²) in [5.41, 5.74) is 0. The van der Waals surface area contributed by atoms with Gasteiger partial charge in [0.2, 0.25) is 0 Å². The minimum Gasteiger partial charge on any atom is -0.480 e. The van der Waals surface area contributed by atoms with Crippen LogP contribution in [0, 0.1) is 5.92 Å². The van der Waals surface area contributed by atoms with Crippen LogP contribution in [0.3, 0.4) is 0 Å². The summed E-state index contributed by atoms with van der Waals surface area (Å²) in [6.07, 6.45) is 1.65. The van der Waals surface area contributed by atoms with Gasteiger partial charge in [-0.2, -0.15) is 17.0 Å². The number of hydrogen-bond donors (Lipinski definition) is 1. The van der Waals surface area contributed by atoms with E-state index in [1.54, 1.807) is 0 Å². The zero-order valence-electron chi connectivity index (χ0n) is 11.6. The van der Waals surface area contributed by atoms with Gasteiger partial charge in [-0.15, -0.1) is 0 Å². The van der Waals surface area contributed by atoms with E-state index in [0.717, 1.165) is 17.1 Å². The summed E-state index contributed by atoms with van der Waals surface area (Å²) in [5.74, 6) is -1.05. The van der Waals surface area contributed by atoms with Crippen LogP contribution in [0.1, 0.15) is 33.6 Å². The number of carbonyl (C=O) groups is 1. The molecule has 6 nitrogen and oxygen atoms in total. The summed E-state index contributed by atoms with van der Waals surface area (Å²) in [4.78, 5) is 10.7. The first-order valence-corrected chi connectivity index (χ1v) is 7.54. The van der Waals surface area contributed by atoms with E-state index in [1.807, 2.05) is 20.8 Å². The second-order valence-electron chi connectivity index (χ2n) is 4.76. The van der Waals surface area contributed by atoms with Gasteiger partial charge in [0.25, 0.3) is 10.2 Å². The molecule has 0 rings (SSSR count). The van der Waals surface area contributed by atoms with Gasteiger partial charge in [0.1, 0.15) is 6.54 Å². The normalized spacial score (nSPS) is 12.6. The van der Waals surface area contributed by atoms with Crippen molar-refractivity contribution in [2.75, 3.05) is 26.7 Å². The SMILES string of the molecule is CCCCN(C)S(=O)(=O)N(CC(=O)O)CC(C)C. The van der Waals surface area contributed by atoms with E-state index in [4.69, 9.17) is 5.11 Å². The molecule has 0 aliphatic rings. The summed E-state index contributed by atoms with van der Waals surface area (Å²) in [7, 11) is -2.19. The summed E-state index contributed by atoms with van der Waals surface area (Å²) in [6.45, 7) is 5.82. The first-order valence-electron chi connectivity index (χ1n) is 6.15. The van der Waals surface area contributed by atoms with Crippen molar-refractivity contribution < 1.29 is 18.3 Å². The first-order chi connectivity index (χ1) is 8.21. The average molecular weight is 280 g/mol. The fourth-order valence-corrected chi connectivity index (χ4v) is 3.01. The van der Waals surface area contributed by atoms with Crippen molar-refractivity contribution in [1.82, 2.24) is 8.61 Å². The number of unbranched alkanes of at least 4 members (excludes halogenated alkanes) is 1. The minimum absolute atomic E-state index is 0.0821. The molecule has 0 atom stereocenters. The van der Waals surface area contributed by atoms with E-state index in [2.05, 4.69) is 0 Å². The summed E-state index contributed by atoms with van der Waals surface area (Å²) >= 11 is 0. The monoisotopic (exact) mass is 280 g/mol. The highest BCUT2D eigenvalue weighted by molar-refractivity contribution is 7.86. The van der Waals surface area contributed by atoms with Gasteiger partial charge in [-0.3, -0.25) is 4.79 Å². The lowest BCUT2D eigenvalue weighted by molar-refractivity contribution is -0.137. The fourth-order valence-electron chi connectivity index (χ4n) is 1.49. The van der Waals surface area contributed by atoms with Gasteiger partial charge in [-0.25, -0.2) is 0 Å². The highest BCUT2D eigenvalue weighted by Gasteiger charge is 2.28. The lowest BCUT2D eigenvalue weighted by Gasteiger charge is -2.27. The summed E-state index contributed by atoms with van der Waals surface area (Å²) in [6, 6.07) is 0. The van der Waals surface area contributed by atoms with Crippen LogP contribution in [-0.4, -0.2) is 54.8 Å². The number of carboxylic acids is 1. The molecule has 0 aliphatic heterocycles. The average Bonchev–Trinajstić information content (AvgIpc) is 2.23. The first kappa shape index (κ1) is 17.3. The van der Waals surface area contributed by atoms with Crippen LogP contribution >= 0.6 is 0 Å². The Balaban J connectivity index is 4.88. The van der Waals surface area contributed by atoms with Crippen LogP contribution in [0.15, 0.2) is 0 Å². The highest BCUT2D eigenvalue weighted by atomic mass is 32.2. The molecule has 0 fully saturated rings. The Morgan fingerprint density at radius 2 is 1.89 bits per heavy atom. The molecule has 0 amide bonds. The molecule has 0 aromatic rings. The Morgan fingerprint density at radius 3 is 2.28 bits per heavy atom. The van der Waals surface area contributed by atoms with Gasteiger partial charge in [0.15, 0.2) is 0 Å². The molecule has 0 heterocycles. The number of hydrogen-bond acceptors (Lipinski definition) is 3. The van der Waals surface area contributed by atoms with Crippen molar-refractivity contribution in [3.05, 3.63) is 0 Å². The van der Waals surface area contributed by atoms with Gasteiger partial charge >= 0.3 is 5.97 Å². The van der Waals surface area contributed by atoms with Crippen molar-refractivity contribution >= 4 is 16.2 Å². The molecular weight excluding hydrogens is 256 g/mol. The second kappa shape index (κ2) is 7.70. The lowest BCUT2D eigenvalue weighted by Crippen LogP contribution is -2.46. The maximum Gasteiger partial charge on any atom is 0.318 e. The number of carboxylic acid groups (broad SMARTS) is 1. The van der Waals surface area contributed by atoms with E-state index in [0.29, 0.717) is 6.54 Å². The molecular formula is C11H24N2O4S. The predicted octanol–water partition coefficient (Wildman–Crippen LogP) is 1.01. The van der Waals surface area contributed by atoms with Crippen LogP contribution < -0.4 is 0 Å². The van der Waals surface area contributed by atoms with Crippen LogP contribution in [0.5, 0.6) is 0 Å². The maximum absolute atomic E-state index is 12.2. The molecule has 0 radical (unpaired) electrons. The highest BCUT2D eigenvalue weighted by Crippen LogP contribution is 2.10. The quantitative estimate of drug-likeness (QED) is 0.683. The van der Waals surface area contributed by atoms with Crippen LogP contribution in [-0.2, 0) is 15.0 Å². The number of rotatable bonds is 9. The van der Waals surface area contributed by atoms with Crippen molar-refractivity contribution in [3.63, 3.8) is 0 Å². The topological polar surface area (TPSA) is 77.9 Å². The Morgan fingerprint density at radius 1 is 1.33 bits per heavy atom. The second-order valence-corrected chi connectivity index (χ2v) is 6.80. The van der Waals surface area contributed by atoms with E-state index >= 15 is 0 Å². The molecule has 0 aliphatic carbocycles. The molecule has 0 aromatic heterocycles. The third kappa shape index (κ3) is 5.79. The van der Waals surface area contributed by atoms with Crippen molar-refractivity contribution in [2.24, 2.45) is 5.92 Å². The molecule has 108 valence electrons. The Bertz CT molecular complexity index is 354. The smallest absolute Gasteiger partial charge is 0.318 e. The largest absolute Gasteiger partial charge is 0.480 e. The lowest BCUT2D eigenvalue weighted by atomic mass is 10.2. The van der Waals surface area contributed by atoms with Gasteiger partial charge < -0.3 is 5.11 Å². The molecule has 0 spiro atoms. The van der Waals surface area contributed by atoms with E-state index in [1.165, 1.54) is 11.4 Å². The number of nitrogens with zero attached hydrogens (tertiary/aromatic N) is 2. The van der Waals surface area contributed by atoms with Crippen molar-refractivity contribution in [2.45, 2.75) is 33.6 Å². The third-order valence-corrected chi connectivity index (χ3v) is 4.33. The molecule has 1 N–H and O–H groups in total. The molecule has 0 unspecified atom stereocenters. The zero-order chi connectivity index (χ0) is 14.3. The van der Waals surface area contributed by atoms with Crippen molar-refractivity contribution in [1.29, 1.82) is 0 Å². The Kier molecular flexibility index (Phi) is 7.42. The van der Waals surface area contributed by atoms with Gasteiger partial charge in [0.05, 0.1) is 0 Å². The Labute approximate surface area is 110 Å². The van der Waals surface area contributed by atoms with Crippen LogP contribution in [0.4, 0.5) is 0 Å². The molecule has 0 aromatic carbocycles. The van der Waals surface area contributed by atoms with E-state index in [9.17, 15) is 13.2 Å². The fraction of sp³-hybridized carbons (Fsp3) is 0.909. The Hall–Kier alpha value is -0.660. The molecule has 0 bridgehead atoms. The van der Waals surface area contributed by atoms with Gasteiger partial charge in [0, 0.05) is 20.1 Å². The summed E-state index contributed by atoms with van der Waals surface area (Å²) in [5, 5.41) is 8.79. The number of aliphatic carboxylic acids is 1. The predicted molar refractivity (Wildman–Crippen MR) is 70.5 cm³/mol. The molecule has 0 saturated heterocycles. The van der Waals surface area contributed by atoms with Crippen LogP contribution in [0.2, 0.25) is 0 Å². The maximum atomic E-state index is 12.2.